The Hall–Kier alpha value is -1.35. The number of rotatable bonds is 6. The van der Waals surface area contributed by atoms with Crippen LogP contribution in [0.5, 0.6) is 11.5 Å². The summed E-state index contributed by atoms with van der Waals surface area (Å²) in [5, 5.41) is 0. The Morgan fingerprint density at radius 2 is 2.03 bits per heavy atom. The van der Waals surface area contributed by atoms with Crippen molar-refractivity contribution < 1.29 is 17.9 Å². The Morgan fingerprint density at radius 1 is 1.21 bits per heavy atom. The average molecular weight is 424 g/mol. The molecular weight excluding hydrogens is 390 g/mol. The van der Waals surface area contributed by atoms with Gasteiger partial charge in [0.15, 0.2) is 11.5 Å². The number of hydrogen-bond acceptors (Lipinski definition) is 6. The van der Waals surface area contributed by atoms with E-state index in [1.165, 1.54) is 11.1 Å². The fourth-order valence-corrected chi connectivity index (χ4v) is 7.39. The molecule has 3 heterocycles. The van der Waals surface area contributed by atoms with E-state index in [9.17, 15) is 8.42 Å². The van der Waals surface area contributed by atoms with Crippen molar-refractivity contribution in [3.63, 3.8) is 0 Å². The van der Waals surface area contributed by atoms with Gasteiger partial charge in [0, 0.05) is 37.3 Å². The highest BCUT2D eigenvalue weighted by Crippen LogP contribution is 2.48. The van der Waals surface area contributed by atoms with Gasteiger partial charge in [-0.3, -0.25) is 4.90 Å². The predicted molar refractivity (Wildman–Crippen MR) is 113 cm³/mol. The van der Waals surface area contributed by atoms with E-state index in [4.69, 9.17) is 15.2 Å². The van der Waals surface area contributed by atoms with Crippen LogP contribution in [-0.4, -0.2) is 69.8 Å². The Morgan fingerprint density at radius 3 is 2.76 bits per heavy atom. The zero-order valence-electron chi connectivity index (χ0n) is 17.5. The van der Waals surface area contributed by atoms with Crippen molar-refractivity contribution in [2.45, 2.75) is 44.2 Å². The van der Waals surface area contributed by atoms with Gasteiger partial charge < -0.3 is 15.2 Å². The molecule has 29 heavy (non-hydrogen) atoms. The van der Waals surface area contributed by atoms with Crippen molar-refractivity contribution in [2.75, 3.05) is 46.2 Å². The zero-order valence-corrected chi connectivity index (χ0v) is 18.3. The number of piperidine rings is 2. The molecule has 0 saturated carbocycles. The molecule has 2 N–H and O–H groups in total. The van der Waals surface area contributed by atoms with Crippen LogP contribution in [0.2, 0.25) is 0 Å². The van der Waals surface area contributed by atoms with Crippen molar-refractivity contribution in [1.29, 1.82) is 0 Å². The molecule has 2 saturated heterocycles. The summed E-state index contributed by atoms with van der Waals surface area (Å²) in [6, 6.07) is 4.32. The Kier molecular flexibility index (Phi) is 6.06. The summed E-state index contributed by atoms with van der Waals surface area (Å²) in [6.45, 7) is 2.99. The first-order valence-corrected chi connectivity index (χ1v) is 12.3. The molecule has 3 aliphatic heterocycles. The largest absolute Gasteiger partial charge is 0.493 e. The highest BCUT2D eigenvalue weighted by atomic mass is 32.2. The lowest BCUT2D eigenvalue weighted by atomic mass is 9.77. The fraction of sp³-hybridized carbons (Fsp3) is 0.714. The molecule has 0 aliphatic carbocycles. The minimum Gasteiger partial charge on any atom is -0.493 e. The van der Waals surface area contributed by atoms with E-state index in [2.05, 4.69) is 11.0 Å². The number of nitrogens with two attached hydrogens (primary N) is 1. The first-order chi connectivity index (χ1) is 14.0. The molecule has 0 unspecified atom stereocenters. The molecule has 8 heteroatoms. The summed E-state index contributed by atoms with van der Waals surface area (Å²) in [4.78, 5) is 2.53. The third-order valence-electron chi connectivity index (χ3n) is 6.88. The van der Waals surface area contributed by atoms with Crippen LogP contribution >= 0.6 is 0 Å². The van der Waals surface area contributed by atoms with E-state index in [1.54, 1.807) is 18.5 Å². The van der Waals surface area contributed by atoms with Crippen molar-refractivity contribution in [3.05, 3.63) is 23.3 Å². The minimum atomic E-state index is -3.28. The van der Waals surface area contributed by atoms with Crippen LogP contribution in [-0.2, 0) is 16.4 Å². The van der Waals surface area contributed by atoms with Crippen LogP contribution in [0.15, 0.2) is 12.1 Å². The summed E-state index contributed by atoms with van der Waals surface area (Å²) in [7, 11) is 0.0680. The summed E-state index contributed by atoms with van der Waals surface area (Å²) >= 11 is 0. The first-order valence-electron chi connectivity index (χ1n) is 10.7. The zero-order chi connectivity index (χ0) is 20.6. The standard InChI is InChI=1S/C21H33N3O4S/c1-27-19-7-6-15-8-11-23-14-16-5-3-10-24(29(25,26)12-4-9-22)17(16)13-18(23)20(15)21(19)28-2/h6-7,16-18H,3-5,8-14,22H2,1-2H3/t16-,17+,18-/m0/s1. The van der Waals surface area contributed by atoms with Gasteiger partial charge >= 0.3 is 0 Å². The third kappa shape index (κ3) is 3.76. The second-order valence-electron chi connectivity index (χ2n) is 8.41. The number of fused-ring (bicyclic) bond motifs is 4. The second kappa shape index (κ2) is 8.41. The lowest BCUT2D eigenvalue weighted by molar-refractivity contribution is 0.0209. The van der Waals surface area contributed by atoms with E-state index in [-0.39, 0.29) is 17.8 Å². The summed E-state index contributed by atoms with van der Waals surface area (Å²) in [5.74, 6) is 2.08. The highest BCUT2D eigenvalue weighted by molar-refractivity contribution is 7.89. The van der Waals surface area contributed by atoms with E-state index in [1.807, 2.05) is 6.07 Å². The van der Waals surface area contributed by atoms with Crippen molar-refractivity contribution in [3.8, 4) is 11.5 Å². The smallest absolute Gasteiger partial charge is 0.214 e. The highest BCUT2D eigenvalue weighted by Gasteiger charge is 2.46. The van der Waals surface area contributed by atoms with Gasteiger partial charge in [0.25, 0.3) is 0 Å². The molecule has 162 valence electrons. The maximum Gasteiger partial charge on any atom is 0.214 e. The van der Waals surface area contributed by atoms with E-state index < -0.39 is 10.0 Å². The van der Waals surface area contributed by atoms with Gasteiger partial charge in [-0.1, -0.05) is 6.07 Å². The van der Waals surface area contributed by atoms with Gasteiger partial charge in [-0.2, -0.15) is 4.31 Å². The van der Waals surface area contributed by atoms with Crippen LogP contribution in [0.3, 0.4) is 0 Å². The van der Waals surface area contributed by atoms with E-state index in [0.717, 1.165) is 50.3 Å². The van der Waals surface area contributed by atoms with E-state index in [0.29, 0.717) is 25.4 Å². The van der Waals surface area contributed by atoms with Gasteiger partial charge in [0.1, 0.15) is 0 Å². The Labute approximate surface area is 174 Å². The molecule has 1 aromatic carbocycles. The van der Waals surface area contributed by atoms with Gasteiger partial charge in [0.2, 0.25) is 10.0 Å². The van der Waals surface area contributed by atoms with Crippen molar-refractivity contribution >= 4 is 10.0 Å². The molecule has 4 rings (SSSR count). The van der Waals surface area contributed by atoms with Crippen molar-refractivity contribution in [1.82, 2.24) is 9.21 Å². The van der Waals surface area contributed by atoms with Crippen LogP contribution in [0.4, 0.5) is 0 Å². The number of benzene rings is 1. The number of nitrogens with zero attached hydrogens (tertiary/aromatic N) is 2. The fourth-order valence-electron chi connectivity index (χ4n) is 5.55. The first kappa shape index (κ1) is 20.9. The quantitative estimate of drug-likeness (QED) is 0.751. The van der Waals surface area contributed by atoms with Gasteiger partial charge in [-0.25, -0.2) is 8.42 Å². The van der Waals surface area contributed by atoms with E-state index >= 15 is 0 Å². The molecule has 7 nitrogen and oxygen atoms in total. The number of ether oxygens (including phenoxy) is 2. The second-order valence-corrected chi connectivity index (χ2v) is 10.5. The monoisotopic (exact) mass is 423 g/mol. The number of hydrogen-bond donors (Lipinski definition) is 1. The SMILES string of the molecule is COc1ccc2c(c1OC)[C@@H]1C[C@@H]3[C@@H](CCCN3S(=O)(=O)CCCN)CN1CC2. The van der Waals surface area contributed by atoms with Crippen LogP contribution in [0.1, 0.15) is 42.9 Å². The molecule has 0 spiro atoms. The predicted octanol–water partition coefficient (Wildman–Crippen LogP) is 1.77. The number of sulfonamides is 1. The molecule has 0 amide bonds. The molecule has 3 aliphatic rings. The van der Waals surface area contributed by atoms with Crippen molar-refractivity contribution in [2.24, 2.45) is 11.7 Å². The molecule has 0 aromatic heterocycles. The normalized spacial score (nSPS) is 27.6. The molecule has 0 radical (unpaired) electrons. The number of methoxy groups -OCH3 is 2. The minimum absolute atomic E-state index is 0.0506. The van der Waals surface area contributed by atoms with Gasteiger partial charge in [0.05, 0.1) is 20.0 Å². The van der Waals surface area contributed by atoms with Gasteiger partial charge in [-0.05, 0) is 56.2 Å². The van der Waals surface area contributed by atoms with Crippen LogP contribution in [0, 0.1) is 5.92 Å². The average Bonchev–Trinajstić information content (AvgIpc) is 2.74. The maximum atomic E-state index is 13.0. The Balaban J connectivity index is 1.68. The molecule has 0 bridgehead atoms. The third-order valence-corrected chi connectivity index (χ3v) is 8.85. The van der Waals surface area contributed by atoms with Crippen LogP contribution in [0.25, 0.3) is 0 Å². The molecule has 2 fully saturated rings. The summed E-state index contributed by atoms with van der Waals surface area (Å²) < 4.78 is 39.2. The Bertz CT molecular complexity index is 845. The summed E-state index contributed by atoms with van der Waals surface area (Å²) in [5.41, 5.74) is 8.05. The van der Waals surface area contributed by atoms with Crippen LogP contribution < -0.4 is 15.2 Å². The maximum absolute atomic E-state index is 13.0. The molecular formula is C21H33N3O4S. The topological polar surface area (TPSA) is 85.1 Å². The summed E-state index contributed by atoms with van der Waals surface area (Å²) in [6.07, 6.45) is 4.35. The lowest BCUT2D eigenvalue weighted by Crippen LogP contribution is -2.57. The lowest BCUT2D eigenvalue weighted by Gasteiger charge is -2.52. The molecule has 3 atom stereocenters. The molecule has 1 aromatic rings. The van der Waals surface area contributed by atoms with Gasteiger partial charge in [-0.15, -0.1) is 0 Å².